The number of rotatable bonds is 4. The second-order valence-corrected chi connectivity index (χ2v) is 7.79. The fourth-order valence-electron chi connectivity index (χ4n) is 3.42. The van der Waals surface area contributed by atoms with E-state index in [1.165, 1.54) is 11.8 Å². The molecule has 2 fully saturated rings. The van der Waals surface area contributed by atoms with Gasteiger partial charge >= 0.3 is 0 Å². The van der Waals surface area contributed by atoms with Crippen molar-refractivity contribution >= 4 is 28.6 Å². The Morgan fingerprint density at radius 3 is 2.84 bits per heavy atom. The first-order valence-corrected chi connectivity index (χ1v) is 9.54. The number of carbonyl (C=O) groups excluding carboxylic acids is 1. The molecule has 0 aliphatic carbocycles. The molecule has 1 amide bonds. The van der Waals surface area contributed by atoms with E-state index in [4.69, 9.17) is 9.72 Å². The van der Waals surface area contributed by atoms with E-state index in [1.807, 2.05) is 25.2 Å². The summed E-state index contributed by atoms with van der Waals surface area (Å²) >= 11 is 1.41. The Morgan fingerprint density at radius 2 is 2.12 bits per heavy atom. The number of likely N-dealkylation sites (tertiary alicyclic amines) is 1. The Hall–Kier alpha value is -1.86. The molecule has 2 saturated heterocycles. The van der Waals surface area contributed by atoms with Crippen LogP contribution < -0.4 is 5.56 Å². The molecule has 1 aromatic carbocycles. The van der Waals surface area contributed by atoms with Crippen molar-refractivity contribution in [1.29, 1.82) is 0 Å². The minimum absolute atomic E-state index is 0.0435. The third kappa shape index (κ3) is 3.18. The van der Waals surface area contributed by atoms with E-state index in [0.717, 1.165) is 32.4 Å². The maximum atomic E-state index is 13.0. The van der Waals surface area contributed by atoms with Gasteiger partial charge in [-0.1, -0.05) is 23.9 Å². The Kier molecular flexibility index (Phi) is 4.52. The van der Waals surface area contributed by atoms with Crippen LogP contribution in [0.4, 0.5) is 0 Å². The predicted molar refractivity (Wildman–Crippen MR) is 96.9 cm³/mol. The monoisotopic (exact) mass is 359 g/mol. The summed E-state index contributed by atoms with van der Waals surface area (Å²) in [6.45, 7) is 1.99. The van der Waals surface area contributed by atoms with Crippen LogP contribution in [0, 0.1) is 0 Å². The number of para-hydroxylation sites is 1. The largest absolute Gasteiger partial charge is 0.376 e. The van der Waals surface area contributed by atoms with E-state index in [2.05, 4.69) is 0 Å². The molecule has 4 rings (SSSR count). The van der Waals surface area contributed by atoms with Crippen LogP contribution in [0.5, 0.6) is 0 Å². The summed E-state index contributed by atoms with van der Waals surface area (Å²) in [5, 5.41) is 1.06. The molecule has 1 aromatic heterocycles. The quantitative estimate of drug-likeness (QED) is 0.780. The topological polar surface area (TPSA) is 64.4 Å². The summed E-state index contributed by atoms with van der Waals surface area (Å²) in [6.07, 6.45) is 2.80. The number of nitrogens with zero attached hydrogens (tertiary/aromatic N) is 3. The number of amides is 1. The molecular weight excluding hydrogens is 338 g/mol. The minimum atomic E-state index is -0.172. The number of benzene rings is 1. The number of hydrogen-bond donors (Lipinski definition) is 0. The second-order valence-electron chi connectivity index (χ2n) is 6.62. The van der Waals surface area contributed by atoms with Gasteiger partial charge < -0.3 is 9.64 Å². The second kappa shape index (κ2) is 6.80. The molecule has 132 valence electrons. The van der Waals surface area contributed by atoms with Gasteiger partial charge in [-0.05, 0) is 31.4 Å². The number of thioether (sulfide) groups is 1. The van der Waals surface area contributed by atoms with Crippen molar-refractivity contribution in [2.75, 3.05) is 20.2 Å². The Morgan fingerprint density at radius 1 is 1.28 bits per heavy atom. The van der Waals surface area contributed by atoms with Crippen molar-refractivity contribution in [1.82, 2.24) is 14.5 Å². The van der Waals surface area contributed by atoms with Crippen LogP contribution in [0.15, 0.2) is 34.2 Å². The van der Waals surface area contributed by atoms with Gasteiger partial charge in [-0.2, -0.15) is 0 Å². The van der Waals surface area contributed by atoms with E-state index in [1.54, 1.807) is 15.5 Å². The van der Waals surface area contributed by atoms with Gasteiger partial charge in [0.2, 0.25) is 5.91 Å². The molecule has 0 bridgehead atoms. The first-order chi connectivity index (χ1) is 12.1. The van der Waals surface area contributed by atoms with Gasteiger partial charge in [-0.3, -0.25) is 14.2 Å². The molecule has 0 spiro atoms. The van der Waals surface area contributed by atoms with Crippen LogP contribution in [0.3, 0.4) is 0 Å². The summed E-state index contributed by atoms with van der Waals surface area (Å²) in [5.41, 5.74) is 0.625. The highest BCUT2D eigenvalue weighted by Gasteiger charge is 2.32. The first kappa shape index (κ1) is 16.6. The predicted octanol–water partition coefficient (Wildman–Crippen LogP) is 1.90. The van der Waals surface area contributed by atoms with Crippen molar-refractivity contribution in [3.8, 4) is 0 Å². The third-order valence-electron chi connectivity index (χ3n) is 4.86. The Balaban J connectivity index is 1.74. The van der Waals surface area contributed by atoms with Crippen molar-refractivity contribution in [3.63, 3.8) is 0 Å². The fraction of sp³-hybridized carbons (Fsp3) is 0.500. The minimum Gasteiger partial charge on any atom is -0.376 e. The van der Waals surface area contributed by atoms with Gasteiger partial charge in [0, 0.05) is 20.2 Å². The zero-order valence-corrected chi connectivity index (χ0v) is 15.0. The van der Waals surface area contributed by atoms with E-state index < -0.39 is 0 Å². The fourth-order valence-corrected chi connectivity index (χ4v) is 4.61. The number of fused-ring (bicyclic) bond motifs is 1. The van der Waals surface area contributed by atoms with Crippen molar-refractivity contribution < 1.29 is 9.53 Å². The summed E-state index contributed by atoms with van der Waals surface area (Å²) in [5.74, 6) is 0.107. The summed E-state index contributed by atoms with van der Waals surface area (Å²) in [4.78, 5) is 31.7. The van der Waals surface area contributed by atoms with Crippen LogP contribution in [0.1, 0.15) is 19.3 Å². The molecule has 7 heteroatoms. The van der Waals surface area contributed by atoms with E-state index in [9.17, 15) is 9.59 Å². The standard InChI is InChI=1S/C18H21N3O3S/c1-20-9-8-15(17(20)23)25-18-19-14-7-3-2-6-13(14)16(22)21(18)11-12-5-4-10-24-12/h2-3,6-7,12,15H,4-5,8-11H2,1H3. The van der Waals surface area contributed by atoms with E-state index in [0.29, 0.717) is 22.6 Å². The SMILES string of the molecule is CN1CCC(Sc2nc3ccccc3c(=O)n2CC2CCCO2)C1=O. The van der Waals surface area contributed by atoms with E-state index in [-0.39, 0.29) is 22.8 Å². The molecule has 0 saturated carbocycles. The third-order valence-corrected chi connectivity index (χ3v) is 6.11. The lowest BCUT2D eigenvalue weighted by Gasteiger charge is -2.18. The maximum absolute atomic E-state index is 13.0. The van der Waals surface area contributed by atoms with Gasteiger partial charge in [0.15, 0.2) is 5.16 Å². The molecule has 2 aliphatic rings. The lowest BCUT2D eigenvalue weighted by atomic mass is 10.2. The summed E-state index contributed by atoms with van der Waals surface area (Å²) in [7, 11) is 1.82. The van der Waals surface area contributed by atoms with Crippen LogP contribution in [-0.2, 0) is 16.1 Å². The lowest BCUT2D eigenvalue weighted by molar-refractivity contribution is -0.126. The smallest absolute Gasteiger partial charge is 0.262 e. The zero-order chi connectivity index (χ0) is 17.4. The molecule has 2 unspecified atom stereocenters. The molecule has 0 radical (unpaired) electrons. The van der Waals surface area contributed by atoms with Gasteiger partial charge in [-0.25, -0.2) is 4.98 Å². The van der Waals surface area contributed by atoms with Gasteiger partial charge in [0.25, 0.3) is 5.56 Å². The van der Waals surface area contributed by atoms with Crippen molar-refractivity contribution in [2.24, 2.45) is 0 Å². The molecule has 2 atom stereocenters. The van der Waals surface area contributed by atoms with Crippen LogP contribution in [0.25, 0.3) is 10.9 Å². The number of aromatic nitrogens is 2. The van der Waals surface area contributed by atoms with Gasteiger partial charge in [0.05, 0.1) is 28.8 Å². The highest BCUT2D eigenvalue weighted by Crippen LogP contribution is 2.30. The van der Waals surface area contributed by atoms with Crippen LogP contribution >= 0.6 is 11.8 Å². The van der Waals surface area contributed by atoms with Crippen molar-refractivity contribution in [2.45, 2.75) is 42.3 Å². The number of ether oxygens (including phenoxy) is 1. The highest BCUT2D eigenvalue weighted by atomic mass is 32.2. The highest BCUT2D eigenvalue weighted by molar-refractivity contribution is 8.00. The molecule has 0 N–H and O–H groups in total. The molecule has 2 aromatic rings. The average Bonchev–Trinajstić information content (AvgIpc) is 3.24. The zero-order valence-electron chi connectivity index (χ0n) is 14.2. The molecule has 25 heavy (non-hydrogen) atoms. The molecule has 3 heterocycles. The lowest BCUT2D eigenvalue weighted by Crippen LogP contribution is -2.30. The van der Waals surface area contributed by atoms with Gasteiger partial charge in [0.1, 0.15) is 0 Å². The number of hydrogen-bond acceptors (Lipinski definition) is 5. The maximum Gasteiger partial charge on any atom is 0.262 e. The number of carbonyl (C=O) groups is 1. The molecule has 2 aliphatic heterocycles. The van der Waals surface area contributed by atoms with Gasteiger partial charge in [-0.15, -0.1) is 0 Å². The van der Waals surface area contributed by atoms with Crippen LogP contribution in [-0.4, -0.2) is 51.9 Å². The first-order valence-electron chi connectivity index (χ1n) is 8.66. The summed E-state index contributed by atoms with van der Waals surface area (Å²) < 4.78 is 7.42. The normalized spacial score (nSPS) is 23.7. The average molecular weight is 359 g/mol. The Bertz CT molecular complexity index is 860. The van der Waals surface area contributed by atoms with E-state index >= 15 is 0 Å². The van der Waals surface area contributed by atoms with Crippen LogP contribution in [0.2, 0.25) is 0 Å². The molecule has 6 nitrogen and oxygen atoms in total. The summed E-state index contributed by atoms with van der Waals surface area (Å²) in [6, 6.07) is 7.38. The molecular formula is C18H21N3O3S. The Labute approximate surface area is 150 Å². The van der Waals surface area contributed by atoms with Crippen molar-refractivity contribution in [3.05, 3.63) is 34.6 Å².